The Morgan fingerprint density at radius 1 is 1.04 bits per heavy atom. The predicted octanol–water partition coefficient (Wildman–Crippen LogP) is 6.63. The summed E-state index contributed by atoms with van der Waals surface area (Å²) in [5, 5.41) is 0. The number of carbonyl (C=O) groups is 1. The molecule has 0 saturated heterocycles. The largest absolute Gasteiger partial charge is 0.457 e. The molecule has 0 amide bonds. The molecule has 0 radical (unpaired) electrons. The van der Waals surface area contributed by atoms with Crippen molar-refractivity contribution in [2.45, 2.75) is 91.1 Å². The van der Waals surface area contributed by atoms with Crippen LogP contribution in [-0.2, 0) is 16.0 Å². The molecule has 0 spiro atoms. The van der Waals surface area contributed by atoms with Crippen LogP contribution in [0, 0.1) is 11.8 Å². The number of benzene rings is 1. The molecular weight excluding hydrogens is 308 g/mol. The van der Waals surface area contributed by atoms with Gasteiger partial charge in [0.15, 0.2) is 0 Å². The van der Waals surface area contributed by atoms with Crippen molar-refractivity contribution in [3.63, 3.8) is 0 Å². The van der Waals surface area contributed by atoms with Gasteiger partial charge in [-0.1, -0.05) is 64.3 Å². The summed E-state index contributed by atoms with van der Waals surface area (Å²) < 4.78 is 5.89. The maximum absolute atomic E-state index is 12.6. The molecule has 1 aromatic carbocycles. The lowest BCUT2D eigenvalue weighted by Crippen LogP contribution is -2.25. The van der Waals surface area contributed by atoms with Gasteiger partial charge in [-0.15, -0.1) is 0 Å². The molecule has 2 nitrogen and oxygen atoms in total. The van der Waals surface area contributed by atoms with Crippen LogP contribution >= 0.6 is 0 Å². The van der Waals surface area contributed by atoms with E-state index in [0.717, 1.165) is 37.2 Å². The Morgan fingerprint density at radius 2 is 1.72 bits per heavy atom. The van der Waals surface area contributed by atoms with E-state index in [1.54, 1.807) is 0 Å². The zero-order chi connectivity index (χ0) is 18.1. The van der Waals surface area contributed by atoms with Gasteiger partial charge in [0, 0.05) is 0 Å². The molecular formula is C23H36O2. The molecule has 0 aromatic heterocycles. The van der Waals surface area contributed by atoms with E-state index in [9.17, 15) is 4.79 Å². The van der Waals surface area contributed by atoms with Crippen molar-refractivity contribution < 1.29 is 9.53 Å². The monoisotopic (exact) mass is 344 g/mol. The standard InChI is InChI=1S/C23H36O2/c1-4-7-8-9-19-12-14-20(15-13-19)22(6-3)25-23(24)21-16-10-18(5-2)11-17-21/h12-15,18,21-22H,4-11,16-17H2,1-3H3. The zero-order valence-electron chi connectivity index (χ0n) is 16.4. The minimum atomic E-state index is -0.0962. The second kappa shape index (κ2) is 10.6. The zero-order valence-corrected chi connectivity index (χ0v) is 16.4. The molecule has 0 bridgehead atoms. The number of carbonyl (C=O) groups excluding carboxylic acids is 1. The van der Waals surface area contributed by atoms with Gasteiger partial charge in [0.25, 0.3) is 0 Å². The van der Waals surface area contributed by atoms with E-state index in [4.69, 9.17) is 4.74 Å². The number of esters is 1. The summed E-state index contributed by atoms with van der Waals surface area (Å²) >= 11 is 0. The fraction of sp³-hybridized carbons (Fsp3) is 0.696. The Balaban J connectivity index is 1.87. The third-order valence-electron chi connectivity index (χ3n) is 5.81. The van der Waals surface area contributed by atoms with Crippen LogP contribution in [0.5, 0.6) is 0 Å². The van der Waals surface area contributed by atoms with E-state index < -0.39 is 0 Å². The summed E-state index contributed by atoms with van der Waals surface area (Å²) in [5.41, 5.74) is 2.52. The summed E-state index contributed by atoms with van der Waals surface area (Å²) in [6.45, 7) is 6.58. The Hall–Kier alpha value is -1.31. The molecule has 0 N–H and O–H groups in total. The van der Waals surface area contributed by atoms with Crippen molar-refractivity contribution in [1.29, 1.82) is 0 Å². The molecule has 1 aliphatic carbocycles. The first-order chi connectivity index (χ1) is 12.2. The molecule has 140 valence electrons. The molecule has 0 heterocycles. The number of aryl methyl sites for hydroxylation is 1. The maximum atomic E-state index is 12.6. The second-order valence-electron chi connectivity index (χ2n) is 7.66. The normalized spacial score (nSPS) is 21.7. The van der Waals surface area contributed by atoms with E-state index in [2.05, 4.69) is 45.0 Å². The van der Waals surface area contributed by atoms with E-state index >= 15 is 0 Å². The first kappa shape index (κ1) is 20.0. The van der Waals surface area contributed by atoms with Crippen LogP contribution in [0.25, 0.3) is 0 Å². The van der Waals surface area contributed by atoms with Crippen molar-refractivity contribution in [1.82, 2.24) is 0 Å². The van der Waals surface area contributed by atoms with Gasteiger partial charge < -0.3 is 4.74 Å². The van der Waals surface area contributed by atoms with Gasteiger partial charge in [0.1, 0.15) is 6.10 Å². The third-order valence-corrected chi connectivity index (χ3v) is 5.81. The fourth-order valence-corrected chi connectivity index (χ4v) is 3.91. The highest BCUT2D eigenvalue weighted by Crippen LogP contribution is 2.33. The topological polar surface area (TPSA) is 26.3 Å². The Kier molecular flexibility index (Phi) is 8.51. The minimum absolute atomic E-state index is 0.0217. The van der Waals surface area contributed by atoms with Crippen LogP contribution < -0.4 is 0 Å². The number of unbranched alkanes of at least 4 members (excludes halogenated alkanes) is 2. The SMILES string of the molecule is CCCCCc1ccc(C(CC)OC(=O)C2CCC(CC)CC2)cc1. The number of hydrogen-bond donors (Lipinski definition) is 0. The molecule has 1 unspecified atom stereocenters. The highest BCUT2D eigenvalue weighted by Gasteiger charge is 2.28. The third kappa shape index (κ3) is 6.17. The molecule has 1 saturated carbocycles. The van der Waals surface area contributed by atoms with Crippen LogP contribution in [0.2, 0.25) is 0 Å². The van der Waals surface area contributed by atoms with Crippen molar-refractivity contribution in [3.8, 4) is 0 Å². The van der Waals surface area contributed by atoms with Gasteiger partial charge in [-0.25, -0.2) is 0 Å². The van der Waals surface area contributed by atoms with Gasteiger partial charge in [-0.05, 0) is 62.0 Å². The van der Waals surface area contributed by atoms with E-state index in [0.29, 0.717) is 0 Å². The average Bonchev–Trinajstić information content (AvgIpc) is 2.67. The van der Waals surface area contributed by atoms with Crippen LogP contribution in [-0.4, -0.2) is 5.97 Å². The number of ether oxygens (including phenoxy) is 1. The van der Waals surface area contributed by atoms with Crippen LogP contribution in [0.15, 0.2) is 24.3 Å². The van der Waals surface area contributed by atoms with Crippen LogP contribution in [0.3, 0.4) is 0 Å². The summed E-state index contributed by atoms with van der Waals surface area (Å²) in [6, 6.07) is 8.70. The number of hydrogen-bond acceptors (Lipinski definition) is 2. The molecule has 1 aliphatic rings. The summed E-state index contributed by atoms with van der Waals surface area (Å²) in [4.78, 5) is 12.6. The highest BCUT2D eigenvalue weighted by molar-refractivity contribution is 5.72. The lowest BCUT2D eigenvalue weighted by atomic mass is 9.81. The van der Waals surface area contributed by atoms with Gasteiger partial charge in [-0.3, -0.25) is 4.79 Å². The second-order valence-corrected chi connectivity index (χ2v) is 7.66. The van der Waals surface area contributed by atoms with Gasteiger partial charge in [0.05, 0.1) is 5.92 Å². The lowest BCUT2D eigenvalue weighted by molar-refractivity contribution is -0.156. The molecule has 1 fully saturated rings. The molecule has 25 heavy (non-hydrogen) atoms. The Morgan fingerprint density at radius 3 is 2.28 bits per heavy atom. The minimum Gasteiger partial charge on any atom is -0.457 e. The van der Waals surface area contributed by atoms with E-state index in [-0.39, 0.29) is 18.0 Å². The number of rotatable bonds is 9. The summed E-state index contributed by atoms with van der Waals surface area (Å²) in [6.07, 6.45) is 11.3. The van der Waals surface area contributed by atoms with Crippen LogP contribution in [0.4, 0.5) is 0 Å². The smallest absolute Gasteiger partial charge is 0.309 e. The van der Waals surface area contributed by atoms with Crippen molar-refractivity contribution in [2.75, 3.05) is 0 Å². The van der Waals surface area contributed by atoms with Crippen LogP contribution in [0.1, 0.15) is 95.8 Å². The lowest BCUT2D eigenvalue weighted by Gasteiger charge is -2.28. The first-order valence-electron chi connectivity index (χ1n) is 10.5. The summed E-state index contributed by atoms with van der Waals surface area (Å²) in [7, 11) is 0. The molecule has 2 rings (SSSR count). The molecule has 1 aromatic rings. The summed E-state index contributed by atoms with van der Waals surface area (Å²) in [5.74, 6) is 0.949. The van der Waals surface area contributed by atoms with Crippen molar-refractivity contribution in [3.05, 3.63) is 35.4 Å². The fourth-order valence-electron chi connectivity index (χ4n) is 3.91. The van der Waals surface area contributed by atoms with E-state index in [1.807, 2.05) is 0 Å². The molecule has 1 atom stereocenters. The first-order valence-corrected chi connectivity index (χ1v) is 10.5. The average molecular weight is 345 g/mol. The van der Waals surface area contributed by atoms with E-state index in [1.165, 1.54) is 44.1 Å². The van der Waals surface area contributed by atoms with Gasteiger partial charge >= 0.3 is 5.97 Å². The molecule has 0 aliphatic heterocycles. The highest BCUT2D eigenvalue weighted by atomic mass is 16.5. The van der Waals surface area contributed by atoms with Gasteiger partial charge in [0.2, 0.25) is 0 Å². The Labute approximate surface area is 154 Å². The maximum Gasteiger partial charge on any atom is 0.309 e. The predicted molar refractivity (Wildman–Crippen MR) is 105 cm³/mol. The quantitative estimate of drug-likeness (QED) is 0.371. The van der Waals surface area contributed by atoms with Crippen molar-refractivity contribution >= 4 is 5.97 Å². The van der Waals surface area contributed by atoms with Crippen molar-refractivity contribution in [2.24, 2.45) is 11.8 Å². The Bertz CT molecular complexity index is 497. The molecule has 2 heteroatoms. The van der Waals surface area contributed by atoms with Gasteiger partial charge in [-0.2, -0.15) is 0 Å².